The number of carbonyl (C=O) groups excluding carboxylic acids is 1. The summed E-state index contributed by atoms with van der Waals surface area (Å²) >= 11 is 0. The molecule has 1 rings (SSSR count). The maximum Gasteiger partial charge on any atom is 0.328 e. The predicted octanol–water partition coefficient (Wildman–Crippen LogP) is 0.0606. The van der Waals surface area contributed by atoms with Crippen molar-refractivity contribution in [1.82, 2.24) is 5.32 Å². The van der Waals surface area contributed by atoms with Crippen LogP contribution in [0.3, 0.4) is 0 Å². The van der Waals surface area contributed by atoms with Gasteiger partial charge in [-0.25, -0.2) is 13.2 Å². The van der Waals surface area contributed by atoms with E-state index in [4.69, 9.17) is 9.84 Å². The Hall–Kier alpha value is -1.93. The zero-order valence-electron chi connectivity index (χ0n) is 11.7. The minimum absolute atomic E-state index is 0.115. The van der Waals surface area contributed by atoms with Crippen molar-refractivity contribution in [3.63, 3.8) is 0 Å². The fourth-order valence-corrected chi connectivity index (χ4v) is 2.44. The molecular weight excluding hydrogens is 298 g/mol. The number of carbonyl (C=O) groups is 2. The van der Waals surface area contributed by atoms with Gasteiger partial charge in [-0.05, 0) is 17.7 Å². The lowest BCUT2D eigenvalue weighted by Crippen LogP contribution is -2.43. The topological polar surface area (TPSA) is 110 Å². The highest BCUT2D eigenvalue weighted by atomic mass is 32.2. The van der Waals surface area contributed by atoms with Crippen LogP contribution in [0.25, 0.3) is 0 Å². The molecule has 0 aliphatic carbocycles. The smallest absolute Gasteiger partial charge is 0.328 e. The van der Waals surface area contributed by atoms with E-state index in [0.29, 0.717) is 5.56 Å². The minimum atomic E-state index is -3.14. The van der Waals surface area contributed by atoms with Gasteiger partial charge in [0.05, 0.1) is 12.4 Å². The summed E-state index contributed by atoms with van der Waals surface area (Å²) < 4.78 is 27.0. The molecule has 1 aromatic carbocycles. The lowest BCUT2D eigenvalue weighted by molar-refractivity contribution is -0.140. The second-order valence-electron chi connectivity index (χ2n) is 4.59. The van der Waals surface area contributed by atoms with E-state index in [0.717, 1.165) is 6.26 Å². The highest BCUT2D eigenvalue weighted by Gasteiger charge is 2.20. The van der Waals surface area contributed by atoms with E-state index in [9.17, 15) is 18.0 Å². The third-order valence-corrected chi connectivity index (χ3v) is 3.44. The lowest BCUT2D eigenvalue weighted by Gasteiger charge is -2.13. The summed E-state index contributed by atoms with van der Waals surface area (Å²) in [6.45, 7) is -0.146. The predicted molar refractivity (Wildman–Crippen MR) is 75.8 cm³/mol. The summed E-state index contributed by atoms with van der Waals surface area (Å²) in [5, 5.41) is 11.2. The van der Waals surface area contributed by atoms with Crippen LogP contribution in [-0.2, 0) is 25.1 Å². The summed E-state index contributed by atoms with van der Waals surface area (Å²) in [7, 11) is -1.81. The zero-order chi connectivity index (χ0) is 16.0. The maximum absolute atomic E-state index is 11.9. The standard InChI is InChI=1S/C13H17NO6S/c1-20-7-11(13(16)17)14-12(15)10-5-3-9(4-6-10)8-21(2,18)19/h3-6,11H,7-8H2,1-2H3,(H,14,15)(H,16,17). The second kappa shape index (κ2) is 7.19. The van der Waals surface area contributed by atoms with Crippen molar-refractivity contribution in [3.8, 4) is 0 Å². The van der Waals surface area contributed by atoms with Crippen LogP contribution < -0.4 is 5.32 Å². The molecule has 0 aliphatic rings. The second-order valence-corrected chi connectivity index (χ2v) is 6.73. The van der Waals surface area contributed by atoms with Crippen LogP contribution in [0, 0.1) is 0 Å². The van der Waals surface area contributed by atoms with Gasteiger partial charge in [-0.1, -0.05) is 12.1 Å². The molecule has 0 aliphatic heterocycles. The van der Waals surface area contributed by atoms with Crippen molar-refractivity contribution >= 4 is 21.7 Å². The lowest BCUT2D eigenvalue weighted by atomic mass is 10.1. The minimum Gasteiger partial charge on any atom is -0.480 e. The van der Waals surface area contributed by atoms with Gasteiger partial charge < -0.3 is 15.2 Å². The van der Waals surface area contributed by atoms with Crippen molar-refractivity contribution in [2.75, 3.05) is 20.0 Å². The third kappa shape index (κ3) is 5.92. The fourth-order valence-electron chi connectivity index (χ4n) is 1.64. The number of nitrogens with one attached hydrogen (secondary N) is 1. The number of ether oxygens (including phenoxy) is 1. The summed E-state index contributed by atoms with van der Waals surface area (Å²) in [4.78, 5) is 22.8. The first-order valence-electron chi connectivity index (χ1n) is 6.02. The fraction of sp³-hybridized carbons (Fsp3) is 0.385. The summed E-state index contributed by atoms with van der Waals surface area (Å²) in [5.41, 5.74) is 0.801. The molecule has 1 unspecified atom stereocenters. The molecule has 8 heteroatoms. The Morgan fingerprint density at radius 1 is 1.29 bits per heavy atom. The highest BCUT2D eigenvalue weighted by molar-refractivity contribution is 7.89. The molecule has 1 atom stereocenters. The number of amides is 1. The van der Waals surface area contributed by atoms with Gasteiger partial charge in [0.15, 0.2) is 15.9 Å². The molecule has 1 aromatic rings. The Balaban J connectivity index is 2.77. The van der Waals surface area contributed by atoms with Crippen molar-refractivity contribution in [3.05, 3.63) is 35.4 Å². The molecule has 0 aromatic heterocycles. The molecule has 1 amide bonds. The van der Waals surface area contributed by atoms with Gasteiger partial charge in [0.1, 0.15) is 0 Å². The van der Waals surface area contributed by atoms with Crippen molar-refractivity contribution in [2.24, 2.45) is 0 Å². The number of aliphatic carboxylic acids is 1. The zero-order valence-corrected chi connectivity index (χ0v) is 12.5. The molecule has 0 radical (unpaired) electrons. The number of methoxy groups -OCH3 is 1. The number of rotatable bonds is 7. The number of benzene rings is 1. The molecule has 116 valence electrons. The third-order valence-electron chi connectivity index (χ3n) is 2.58. The molecule has 2 N–H and O–H groups in total. The summed E-state index contributed by atoms with van der Waals surface area (Å²) in [6, 6.07) is 4.78. The molecule has 0 saturated heterocycles. The Morgan fingerprint density at radius 2 is 1.86 bits per heavy atom. The molecule has 0 saturated carbocycles. The van der Waals surface area contributed by atoms with E-state index in [1.54, 1.807) is 0 Å². The SMILES string of the molecule is COCC(NC(=O)c1ccc(CS(C)(=O)=O)cc1)C(=O)O. The molecule has 0 bridgehead atoms. The van der Waals surface area contributed by atoms with Crippen LogP contribution in [0.1, 0.15) is 15.9 Å². The van der Waals surface area contributed by atoms with Crippen LogP contribution in [-0.4, -0.2) is 51.4 Å². The van der Waals surface area contributed by atoms with Gasteiger partial charge in [-0.2, -0.15) is 0 Å². The largest absolute Gasteiger partial charge is 0.480 e. The normalized spacial score (nSPS) is 12.7. The first-order valence-corrected chi connectivity index (χ1v) is 8.08. The van der Waals surface area contributed by atoms with Crippen LogP contribution >= 0.6 is 0 Å². The van der Waals surface area contributed by atoms with Gasteiger partial charge in [-0.15, -0.1) is 0 Å². The van der Waals surface area contributed by atoms with Crippen LogP contribution in [0.2, 0.25) is 0 Å². The molecule has 7 nitrogen and oxygen atoms in total. The Labute approximate surface area is 122 Å². The average molecular weight is 315 g/mol. The molecule has 21 heavy (non-hydrogen) atoms. The maximum atomic E-state index is 11.9. The number of hydrogen-bond donors (Lipinski definition) is 2. The van der Waals surface area contributed by atoms with E-state index < -0.39 is 27.8 Å². The van der Waals surface area contributed by atoms with Crippen LogP contribution in [0.5, 0.6) is 0 Å². The van der Waals surface area contributed by atoms with E-state index in [1.807, 2.05) is 0 Å². The Bertz CT molecular complexity index is 608. The van der Waals surface area contributed by atoms with Gasteiger partial charge in [0.25, 0.3) is 5.91 Å². The van der Waals surface area contributed by atoms with Crippen molar-refractivity contribution < 1.29 is 27.9 Å². The number of carboxylic acid groups (broad SMARTS) is 1. The monoisotopic (exact) mass is 315 g/mol. The highest BCUT2D eigenvalue weighted by Crippen LogP contribution is 2.08. The summed E-state index contributed by atoms with van der Waals surface area (Å²) in [5.74, 6) is -1.87. The van der Waals surface area contributed by atoms with Gasteiger partial charge in [0.2, 0.25) is 0 Å². The van der Waals surface area contributed by atoms with E-state index in [2.05, 4.69) is 5.32 Å². The average Bonchev–Trinajstić information content (AvgIpc) is 2.36. The Morgan fingerprint density at radius 3 is 2.29 bits per heavy atom. The molecule has 0 heterocycles. The molecular formula is C13H17NO6S. The number of hydrogen-bond acceptors (Lipinski definition) is 5. The van der Waals surface area contributed by atoms with E-state index in [-0.39, 0.29) is 17.9 Å². The van der Waals surface area contributed by atoms with Gasteiger partial charge in [0, 0.05) is 18.9 Å². The van der Waals surface area contributed by atoms with Crippen LogP contribution in [0.4, 0.5) is 0 Å². The Kier molecular flexibility index (Phi) is 5.86. The van der Waals surface area contributed by atoms with Gasteiger partial charge in [-0.3, -0.25) is 4.79 Å². The summed E-state index contributed by atoms with van der Waals surface area (Å²) in [6.07, 6.45) is 1.12. The number of carboxylic acids is 1. The van der Waals surface area contributed by atoms with Gasteiger partial charge >= 0.3 is 5.97 Å². The van der Waals surface area contributed by atoms with E-state index >= 15 is 0 Å². The number of sulfone groups is 1. The first kappa shape index (κ1) is 17.1. The van der Waals surface area contributed by atoms with E-state index in [1.165, 1.54) is 31.4 Å². The van der Waals surface area contributed by atoms with Crippen molar-refractivity contribution in [2.45, 2.75) is 11.8 Å². The quantitative estimate of drug-likeness (QED) is 0.736. The van der Waals surface area contributed by atoms with Crippen molar-refractivity contribution in [1.29, 1.82) is 0 Å². The van der Waals surface area contributed by atoms with Crippen LogP contribution in [0.15, 0.2) is 24.3 Å². The molecule has 0 spiro atoms. The molecule has 0 fully saturated rings. The first-order chi connectivity index (χ1) is 9.73.